The van der Waals surface area contributed by atoms with Crippen LogP contribution in [0.5, 0.6) is 5.88 Å². The lowest BCUT2D eigenvalue weighted by atomic mass is 9.78. The molecule has 0 spiro atoms. The van der Waals surface area contributed by atoms with Gasteiger partial charge in [0.1, 0.15) is 22.7 Å². The summed E-state index contributed by atoms with van der Waals surface area (Å²) < 4.78 is 75.0. The lowest BCUT2D eigenvalue weighted by molar-refractivity contribution is -0.194. The molecular formula is C29H40F3N7O4S. The number of carbonyl (C=O) groups excluding carboxylic acids is 1. The fourth-order valence-electron chi connectivity index (χ4n) is 5.28. The standard InChI is InChI=1S/C29H40F3N7O4S/c1-18(33)21(15-34-7)44(41,42)37-25(40)20-8-9-22(35-24(20)38-16-19(26(2,3)4)14-27(38,5)6)39-13-10-23(36-39)43-17-28(11-12-28)29(30,31)32/h8-10,13,15,19,33-34H,11-12,14,16-17H2,1-7H3,(H,37,40)/b21-15+,33-18?. The van der Waals surface area contributed by atoms with Crippen LogP contribution < -0.4 is 19.7 Å². The molecule has 2 aromatic heterocycles. The van der Waals surface area contributed by atoms with Gasteiger partial charge in [0.15, 0.2) is 5.82 Å². The number of amides is 1. The Morgan fingerprint density at radius 3 is 2.39 bits per heavy atom. The first-order valence-corrected chi connectivity index (χ1v) is 15.7. The van der Waals surface area contributed by atoms with E-state index in [0.717, 1.165) is 12.6 Å². The Morgan fingerprint density at radius 2 is 1.86 bits per heavy atom. The van der Waals surface area contributed by atoms with E-state index in [9.17, 15) is 26.4 Å². The summed E-state index contributed by atoms with van der Waals surface area (Å²) >= 11 is 0. The first-order chi connectivity index (χ1) is 20.2. The van der Waals surface area contributed by atoms with E-state index in [1.54, 1.807) is 0 Å². The number of carbonyl (C=O) groups is 1. The zero-order chi connectivity index (χ0) is 32.9. The van der Waals surface area contributed by atoms with Crippen molar-refractivity contribution in [2.45, 2.75) is 72.5 Å². The number of nitrogens with one attached hydrogen (secondary N) is 3. The normalized spacial score (nSPS) is 19.9. The molecule has 11 nitrogen and oxygen atoms in total. The Bertz CT molecular complexity index is 1570. The summed E-state index contributed by atoms with van der Waals surface area (Å²) in [4.78, 5) is 19.9. The minimum Gasteiger partial charge on any atom is -0.476 e. The molecule has 0 radical (unpaired) electrons. The van der Waals surface area contributed by atoms with Gasteiger partial charge in [-0.3, -0.25) is 4.79 Å². The van der Waals surface area contributed by atoms with E-state index in [1.165, 1.54) is 43.0 Å². The van der Waals surface area contributed by atoms with Crippen LogP contribution in [0.15, 0.2) is 35.5 Å². The molecule has 1 unspecified atom stereocenters. The molecule has 1 amide bonds. The smallest absolute Gasteiger partial charge is 0.397 e. The number of alkyl halides is 3. The Balaban J connectivity index is 1.71. The number of halogens is 3. The average Bonchev–Trinajstić information content (AvgIpc) is 3.43. The Morgan fingerprint density at radius 1 is 1.20 bits per heavy atom. The number of sulfonamides is 1. The molecule has 1 saturated heterocycles. The van der Waals surface area contributed by atoms with Crippen LogP contribution >= 0.6 is 0 Å². The summed E-state index contributed by atoms with van der Waals surface area (Å²) in [5, 5.41) is 14.7. The van der Waals surface area contributed by atoms with Gasteiger partial charge in [0.05, 0.1) is 11.3 Å². The van der Waals surface area contributed by atoms with Crippen LogP contribution in [0.25, 0.3) is 5.82 Å². The van der Waals surface area contributed by atoms with Crippen LogP contribution in [0.3, 0.4) is 0 Å². The number of nitrogens with zero attached hydrogens (tertiary/aromatic N) is 4. The lowest BCUT2D eigenvalue weighted by Crippen LogP contribution is -2.41. The highest BCUT2D eigenvalue weighted by atomic mass is 32.2. The summed E-state index contributed by atoms with van der Waals surface area (Å²) in [6.07, 6.45) is -0.945. The van der Waals surface area contributed by atoms with Crippen molar-refractivity contribution in [3.05, 3.63) is 41.1 Å². The van der Waals surface area contributed by atoms with Crippen molar-refractivity contribution < 1.29 is 31.1 Å². The molecule has 3 heterocycles. The Hall–Kier alpha value is -3.62. The zero-order valence-electron chi connectivity index (χ0n) is 26.0. The molecule has 1 aliphatic carbocycles. The third-order valence-corrected chi connectivity index (χ3v) is 9.83. The summed E-state index contributed by atoms with van der Waals surface area (Å²) in [7, 11) is -2.92. The molecule has 1 saturated carbocycles. The van der Waals surface area contributed by atoms with Crippen LogP contribution in [0.4, 0.5) is 19.0 Å². The second kappa shape index (κ2) is 11.4. The topological polar surface area (TPSA) is 142 Å². The van der Waals surface area contributed by atoms with Crippen LogP contribution in [0, 0.1) is 22.2 Å². The molecule has 1 atom stereocenters. The number of hydrogen-bond donors (Lipinski definition) is 3. The van der Waals surface area contributed by atoms with Gasteiger partial charge in [-0.1, -0.05) is 20.8 Å². The number of rotatable bonds is 10. The molecule has 44 heavy (non-hydrogen) atoms. The number of allylic oxidation sites excluding steroid dienone is 1. The van der Waals surface area contributed by atoms with Crippen LogP contribution in [0.1, 0.15) is 71.2 Å². The second-order valence-corrected chi connectivity index (χ2v) is 14.9. The monoisotopic (exact) mass is 639 g/mol. The third-order valence-electron chi connectivity index (χ3n) is 8.38. The molecule has 2 aromatic rings. The molecule has 4 rings (SSSR count). The van der Waals surface area contributed by atoms with Gasteiger partial charge in [0, 0.05) is 37.6 Å². The van der Waals surface area contributed by atoms with E-state index < -0.39 is 44.6 Å². The first kappa shape index (κ1) is 33.3. The van der Waals surface area contributed by atoms with E-state index in [0.29, 0.717) is 6.54 Å². The van der Waals surface area contributed by atoms with Gasteiger partial charge in [-0.15, -0.1) is 5.10 Å². The molecule has 2 aliphatic rings. The molecule has 0 aromatic carbocycles. The molecule has 242 valence electrons. The van der Waals surface area contributed by atoms with E-state index in [2.05, 4.69) is 35.9 Å². The maximum atomic E-state index is 13.6. The maximum Gasteiger partial charge on any atom is 0.397 e. The first-order valence-electron chi connectivity index (χ1n) is 14.3. The van der Waals surface area contributed by atoms with E-state index in [4.69, 9.17) is 15.1 Å². The highest BCUT2D eigenvalue weighted by Crippen LogP contribution is 2.57. The fraction of sp³-hybridized carbons (Fsp3) is 0.586. The zero-order valence-corrected chi connectivity index (χ0v) is 26.8. The van der Waals surface area contributed by atoms with Crippen molar-refractivity contribution >= 4 is 27.5 Å². The Kier molecular flexibility index (Phi) is 8.61. The quantitative estimate of drug-likeness (QED) is 0.315. The molecule has 15 heteroatoms. The Labute approximate surface area is 255 Å². The number of aromatic nitrogens is 3. The van der Waals surface area contributed by atoms with Crippen LogP contribution in [-0.2, 0) is 10.0 Å². The minimum absolute atomic E-state index is 0.00282. The maximum absolute atomic E-state index is 13.6. The molecule has 2 fully saturated rings. The van der Waals surface area contributed by atoms with Gasteiger partial charge < -0.3 is 20.4 Å². The SMILES string of the molecule is CN/C=C(\C(C)=N)S(=O)(=O)NC(=O)c1ccc(-n2ccc(OCC3(C(F)(F)F)CC3)n2)nc1N1CC(C(C)(C)C)CC1(C)C. The highest BCUT2D eigenvalue weighted by molar-refractivity contribution is 7.94. The van der Waals surface area contributed by atoms with Crippen molar-refractivity contribution in [3.8, 4) is 11.7 Å². The third kappa shape index (κ3) is 6.71. The van der Waals surface area contributed by atoms with Gasteiger partial charge in [-0.05, 0) is 63.5 Å². The van der Waals surface area contributed by atoms with Gasteiger partial charge in [0.25, 0.3) is 15.9 Å². The van der Waals surface area contributed by atoms with E-state index >= 15 is 0 Å². The molecule has 0 bridgehead atoms. The number of anilines is 1. The van der Waals surface area contributed by atoms with Crippen molar-refractivity contribution in [2.24, 2.45) is 16.7 Å². The minimum atomic E-state index is -4.40. The van der Waals surface area contributed by atoms with Crippen molar-refractivity contribution in [2.75, 3.05) is 25.1 Å². The second-order valence-electron chi connectivity index (χ2n) is 13.3. The predicted molar refractivity (Wildman–Crippen MR) is 160 cm³/mol. The number of pyridine rings is 1. The van der Waals surface area contributed by atoms with Crippen LogP contribution in [-0.4, -0.2) is 66.7 Å². The number of ether oxygens (including phenoxy) is 1. The van der Waals surface area contributed by atoms with E-state index in [-0.39, 0.29) is 53.0 Å². The summed E-state index contributed by atoms with van der Waals surface area (Å²) in [5.41, 5.74) is -2.64. The predicted octanol–water partition coefficient (Wildman–Crippen LogP) is 4.80. The molecule has 3 N–H and O–H groups in total. The van der Waals surface area contributed by atoms with E-state index in [1.807, 2.05) is 18.7 Å². The highest BCUT2D eigenvalue weighted by Gasteiger charge is 2.64. The fourth-order valence-corrected chi connectivity index (χ4v) is 6.42. The van der Waals surface area contributed by atoms with Gasteiger partial charge in [-0.2, -0.15) is 13.2 Å². The molecule has 1 aliphatic heterocycles. The van der Waals surface area contributed by atoms with Gasteiger partial charge in [-0.25, -0.2) is 22.8 Å². The van der Waals surface area contributed by atoms with Crippen LogP contribution in [0.2, 0.25) is 0 Å². The summed E-state index contributed by atoms with van der Waals surface area (Å²) in [5.74, 6) is -0.223. The summed E-state index contributed by atoms with van der Waals surface area (Å²) in [6.45, 7) is 11.7. The van der Waals surface area contributed by atoms with Gasteiger partial charge in [0.2, 0.25) is 5.88 Å². The summed E-state index contributed by atoms with van der Waals surface area (Å²) in [6, 6.07) is 4.34. The molecular weight excluding hydrogens is 599 g/mol. The largest absolute Gasteiger partial charge is 0.476 e. The van der Waals surface area contributed by atoms with Crippen molar-refractivity contribution in [1.82, 2.24) is 24.8 Å². The van der Waals surface area contributed by atoms with Crippen molar-refractivity contribution in [3.63, 3.8) is 0 Å². The lowest BCUT2D eigenvalue weighted by Gasteiger charge is -2.34. The number of hydrogen-bond acceptors (Lipinski definition) is 9. The average molecular weight is 640 g/mol. The van der Waals surface area contributed by atoms with Gasteiger partial charge >= 0.3 is 6.18 Å². The van der Waals surface area contributed by atoms with Crippen molar-refractivity contribution in [1.29, 1.82) is 5.41 Å².